The summed E-state index contributed by atoms with van der Waals surface area (Å²) in [7, 11) is 3.83. The molecular formula is C13H19N5O2. The molecule has 0 aromatic carbocycles. The van der Waals surface area contributed by atoms with Crippen molar-refractivity contribution >= 4 is 17.7 Å². The van der Waals surface area contributed by atoms with Gasteiger partial charge in [-0.1, -0.05) is 11.6 Å². The molecule has 2 heterocycles. The molecule has 0 N–H and O–H groups in total. The molecule has 2 rings (SSSR count). The Bertz CT molecular complexity index is 538. The number of rotatable bonds is 3. The molecule has 0 spiro atoms. The van der Waals surface area contributed by atoms with Crippen molar-refractivity contribution in [1.29, 1.82) is 0 Å². The van der Waals surface area contributed by atoms with Crippen molar-refractivity contribution in [3.63, 3.8) is 0 Å². The molecule has 0 radical (unpaired) electrons. The number of piperazine rings is 1. The van der Waals surface area contributed by atoms with Crippen molar-refractivity contribution in [1.82, 2.24) is 14.5 Å². The van der Waals surface area contributed by atoms with Crippen LogP contribution < -0.4 is 4.90 Å². The highest BCUT2D eigenvalue weighted by atomic mass is 16.5. The Labute approximate surface area is 118 Å². The lowest BCUT2D eigenvalue weighted by atomic mass is 10.3. The molecule has 7 nitrogen and oxygen atoms in total. The topological polar surface area (TPSA) is 55.0 Å². The number of likely N-dealkylation sites (N-methyl/N-ethyl adjacent to an activating group) is 1. The van der Waals surface area contributed by atoms with E-state index in [0.717, 1.165) is 26.2 Å². The Kier molecular flexibility index (Phi) is 4.25. The maximum absolute atomic E-state index is 11.9. The van der Waals surface area contributed by atoms with Crippen LogP contribution in [-0.4, -0.2) is 60.3 Å². The fraction of sp³-hybridized carbons (Fsp3) is 0.615. The first-order chi connectivity index (χ1) is 9.58. The van der Waals surface area contributed by atoms with Crippen LogP contribution in [0.2, 0.25) is 0 Å². The minimum Gasteiger partial charge on any atom is -0.462 e. The first-order valence-corrected chi connectivity index (χ1v) is 6.63. The van der Waals surface area contributed by atoms with Gasteiger partial charge in [-0.05, 0) is 14.0 Å². The maximum Gasteiger partial charge on any atom is 0.345 e. The normalized spacial score (nSPS) is 16.0. The van der Waals surface area contributed by atoms with E-state index < -0.39 is 5.97 Å². The van der Waals surface area contributed by atoms with E-state index in [-0.39, 0.29) is 18.1 Å². The Morgan fingerprint density at radius 2 is 2.00 bits per heavy atom. The number of aromatic nitrogens is 2. The van der Waals surface area contributed by atoms with Crippen molar-refractivity contribution in [2.45, 2.75) is 6.92 Å². The summed E-state index contributed by atoms with van der Waals surface area (Å²) in [6, 6.07) is 0. The number of hydrogen-bond donors (Lipinski definition) is 0. The summed E-state index contributed by atoms with van der Waals surface area (Å²) < 4.78 is 6.66. The zero-order valence-corrected chi connectivity index (χ0v) is 12.1. The van der Waals surface area contributed by atoms with Crippen LogP contribution in [0.5, 0.6) is 0 Å². The quantitative estimate of drug-likeness (QED) is 0.607. The first kappa shape index (κ1) is 14.3. The molecule has 1 aromatic heterocycles. The lowest BCUT2D eigenvalue weighted by molar-refractivity contribution is 0.0517. The average Bonchev–Trinajstić information content (AvgIpc) is 2.77. The molecule has 0 amide bonds. The summed E-state index contributed by atoms with van der Waals surface area (Å²) in [6.45, 7) is 12.8. The maximum atomic E-state index is 11.9. The lowest BCUT2D eigenvalue weighted by Gasteiger charge is -2.31. The first-order valence-electron chi connectivity index (χ1n) is 6.63. The average molecular weight is 277 g/mol. The highest BCUT2D eigenvalue weighted by Gasteiger charge is 2.28. The van der Waals surface area contributed by atoms with Gasteiger partial charge in [0.1, 0.15) is 0 Å². The smallest absolute Gasteiger partial charge is 0.345 e. The highest BCUT2D eigenvalue weighted by molar-refractivity contribution is 5.94. The van der Waals surface area contributed by atoms with Crippen LogP contribution in [0, 0.1) is 6.57 Å². The third-order valence-corrected chi connectivity index (χ3v) is 3.41. The van der Waals surface area contributed by atoms with Crippen molar-refractivity contribution in [2.24, 2.45) is 7.05 Å². The summed E-state index contributed by atoms with van der Waals surface area (Å²) in [5.41, 5.74) is 0.232. The van der Waals surface area contributed by atoms with Gasteiger partial charge in [-0.15, -0.1) is 0 Å². The Morgan fingerprint density at radius 1 is 1.35 bits per heavy atom. The molecule has 0 saturated carbocycles. The van der Waals surface area contributed by atoms with Crippen molar-refractivity contribution in [2.75, 3.05) is 44.7 Å². The van der Waals surface area contributed by atoms with Crippen LogP contribution in [0.1, 0.15) is 17.4 Å². The van der Waals surface area contributed by atoms with Crippen LogP contribution in [0.4, 0.5) is 11.8 Å². The van der Waals surface area contributed by atoms with Crippen LogP contribution in [0.15, 0.2) is 0 Å². The van der Waals surface area contributed by atoms with Gasteiger partial charge in [-0.3, -0.25) is 4.57 Å². The van der Waals surface area contributed by atoms with Crippen molar-refractivity contribution in [3.8, 4) is 0 Å². The summed E-state index contributed by atoms with van der Waals surface area (Å²) in [5.74, 6) is 0.279. The number of ether oxygens (including phenoxy) is 1. The van der Waals surface area contributed by atoms with Gasteiger partial charge >= 0.3 is 17.7 Å². The second-order valence-electron chi connectivity index (χ2n) is 4.77. The summed E-state index contributed by atoms with van der Waals surface area (Å²) in [4.78, 5) is 23.9. The number of anilines is 1. The van der Waals surface area contributed by atoms with E-state index in [1.165, 1.54) is 0 Å². The van der Waals surface area contributed by atoms with Crippen molar-refractivity contribution < 1.29 is 9.53 Å². The fourth-order valence-electron chi connectivity index (χ4n) is 2.27. The van der Waals surface area contributed by atoms with Crippen molar-refractivity contribution in [3.05, 3.63) is 17.1 Å². The second kappa shape index (κ2) is 5.92. The van der Waals surface area contributed by atoms with Gasteiger partial charge in [0, 0.05) is 33.2 Å². The minimum atomic E-state index is -0.492. The molecule has 1 aliphatic heterocycles. The number of imidazole rings is 1. The monoisotopic (exact) mass is 277 g/mol. The molecule has 1 aliphatic rings. The predicted molar refractivity (Wildman–Crippen MR) is 75.1 cm³/mol. The highest BCUT2D eigenvalue weighted by Crippen LogP contribution is 2.26. The lowest BCUT2D eigenvalue weighted by Crippen LogP contribution is -2.45. The molecule has 1 fully saturated rings. The van der Waals surface area contributed by atoms with Gasteiger partial charge in [-0.2, -0.15) is 0 Å². The van der Waals surface area contributed by atoms with Gasteiger partial charge in [-0.25, -0.2) is 4.79 Å². The van der Waals surface area contributed by atoms with E-state index in [2.05, 4.69) is 26.7 Å². The van der Waals surface area contributed by atoms with Gasteiger partial charge in [0.15, 0.2) is 5.69 Å². The number of carbonyl (C=O) groups is 1. The minimum absolute atomic E-state index is 0.111. The van der Waals surface area contributed by atoms with Gasteiger partial charge in [0.05, 0.1) is 6.61 Å². The third-order valence-electron chi connectivity index (χ3n) is 3.41. The zero-order chi connectivity index (χ0) is 14.7. The fourth-order valence-corrected chi connectivity index (χ4v) is 2.27. The Morgan fingerprint density at radius 3 is 2.55 bits per heavy atom. The Hall–Kier alpha value is -2.07. The molecule has 7 heteroatoms. The number of hydrogen-bond acceptors (Lipinski definition) is 5. The number of esters is 1. The number of carbonyl (C=O) groups excluding carboxylic acids is 1. The van der Waals surface area contributed by atoms with E-state index in [1.54, 1.807) is 18.5 Å². The molecule has 1 aromatic rings. The third kappa shape index (κ3) is 2.60. The second-order valence-corrected chi connectivity index (χ2v) is 4.77. The Balaban J connectivity index is 2.32. The van der Waals surface area contributed by atoms with E-state index in [0.29, 0.717) is 5.95 Å². The van der Waals surface area contributed by atoms with Gasteiger partial charge in [0.25, 0.3) is 0 Å². The molecule has 0 atom stereocenters. The predicted octanol–water partition coefficient (Wildman–Crippen LogP) is 0.899. The number of nitrogens with zero attached hydrogens (tertiary/aromatic N) is 5. The summed E-state index contributed by atoms with van der Waals surface area (Å²) >= 11 is 0. The molecule has 0 unspecified atom stereocenters. The van der Waals surface area contributed by atoms with Gasteiger partial charge in [0.2, 0.25) is 0 Å². The summed E-state index contributed by atoms with van der Waals surface area (Å²) in [5, 5.41) is 0. The largest absolute Gasteiger partial charge is 0.462 e. The summed E-state index contributed by atoms with van der Waals surface area (Å²) in [6.07, 6.45) is 0. The SMILES string of the molecule is [C-]#[N+]c1nc(N2CCN(C)CC2)n(C)c1C(=O)OCC. The van der Waals surface area contributed by atoms with Crippen LogP contribution in [-0.2, 0) is 11.8 Å². The molecule has 0 aliphatic carbocycles. The van der Waals surface area contributed by atoms with Crippen LogP contribution in [0.25, 0.3) is 4.85 Å². The van der Waals surface area contributed by atoms with Crippen LogP contribution >= 0.6 is 0 Å². The molecular weight excluding hydrogens is 258 g/mol. The molecule has 20 heavy (non-hydrogen) atoms. The standard InChI is InChI=1S/C13H19N5O2/c1-5-20-12(19)10-11(14-2)15-13(17(10)4)18-8-6-16(3)7-9-18/h5-9H2,1,3-4H3. The van der Waals surface area contributed by atoms with Crippen LogP contribution in [0.3, 0.4) is 0 Å². The molecule has 1 saturated heterocycles. The van der Waals surface area contributed by atoms with E-state index in [4.69, 9.17) is 11.3 Å². The zero-order valence-electron chi connectivity index (χ0n) is 12.1. The van der Waals surface area contributed by atoms with E-state index >= 15 is 0 Å². The van der Waals surface area contributed by atoms with Gasteiger partial charge < -0.3 is 19.4 Å². The molecule has 0 bridgehead atoms. The van der Waals surface area contributed by atoms with E-state index in [1.807, 2.05) is 0 Å². The molecule has 108 valence electrons. The van der Waals surface area contributed by atoms with E-state index in [9.17, 15) is 4.79 Å².